The van der Waals surface area contributed by atoms with Crippen molar-refractivity contribution in [1.82, 2.24) is 4.98 Å². The molecule has 1 unspecified atom stereocenters. The topological polar surface area (TPSA) is 97.6 Å². The molecule has 2 aliphatic rings. The van der Waals surface area contributed by atoms with Crippen LogP contribution in [0.25, 0.3) is 6.08 Å². The number of piperidine rings is 1. The SMILES string of the molecule is NC(=O)C1CCCN(c2ccc(NC(=O)C3=Cc4cc(Cl)ccc4OC3)cn2)C1. The third-order valence-corrected chi connectivity index (χ3v) is 5.36. The average Bonchev–Trinajstić information content (AvgIpc) is 2.73. The summed E-state index contributed by atoms with van der Waals surface area (Å²) in [6, 6.07) is 8.93. The number of halogens is 1. The highest BCUT2D eigenvalue weighted by Gasteiger charge is 2.25. The molecule has 0 saturated carbocycles. The molecule has 2 amide bonds. The smallest absolute Gasteiger partial charge is 0.255 e. The molecule has 2 aliphatic heterocycles. The minimum atomic E-state index is -0.274. The third kappa shape index (κ3) is 4.35. The van der Waals surface area contributed by atoms with Crippen molar-refractivity contribution >= 4 is 41.0 Å². The number of benzene rings is 1. The van der Waals surface area contributed by atoms with E-state index in [1.807, 2.05) is 11.0 Å². The van der Waals surface area contributed by atoms with Gasteiger partial charge < -0.3 is 20.7 Å². The van der Waals surface area contributed by atoms with Crippen LogP contribution in [-0.4, -0.2) is 36.5 Å². The Bertz CT molecular complexity index is 974. The van der Waals surface area contributed by atoms with Crippen molar-refractivity contribution in [2.75, 3.05) is 29.9 Å². The van der Waals surface area contributed by atoms with Gasteiger partial charge in [-0.2, -0.15) is 0 Å². The molecule has 1 fully saturated rings. The van der Waals surface area contributed by atoms with Gasteiger partial charge in [0.05, 0.1) is 23.4 Å². The molecular weight excluding hydrogens is 392 g/mol. The number of aromatic nitrogens is 1. The Hall–Kier alpha value is -3.06. The molecule has 150 valence electrons. The number of hydrogen-bond donors (Lipinski definition) is 2. The Kier molecular flexibility index (Phi) is 5.40. The maximum atomic E-state index is 12.6. The lowest BCUT2D eigenvalue weighted by atomic mass is 9.97. The lowest BCUT2D eigenvalue weighted by molar-refractivity contribution is -0.122. The first kappa shape index (κ1) is 19.3. The summed E-state index contributed by atoms with van der Waals surface area (Å²) in [5, 5.41) is 3.42. The minimum Gasteiger partial charge on any atom is -0.488 e. The number of nitrogens with one attached hydrogen (secondary N) is 1. The standard InChI is InChI=1S/C21H21ClN4O3/c22-16-3-5-18-14(9-16)8-15(12-29-18)21(28)25-17-4-6-19(24-10-17)26-7-1-2-13(11-26)20(23)27/h3-6,8-10,13H,1-2,7,11-12H2,(H2,23,27)(H,25,28). The lowest BCUT2D eigenvalue weighted by Gasteiger charge is -2.32. The molecule has 0 spiro atoms. The number of pyridine rings is 1. The minimum absolute atomic E-state index is 0.153. The monoisotopic (exact) mass is 412 g/mol. The fraction of sp³-hybridized carbons (Fsp3) is 0.286. The maximum absolute atomic E-state index is 12.6. The van der Waals surface area contributed by atoms with E-state index < -0.39 is 0 Å². The van der Waals surface area contributed by atoms with E-state index in [2.05, 4.69) is 10.3 Å². The van der Waals surface area contributed by atoms with Crippen molar-refractivity contribution in [3.05, 3.63) is 52.7 Å². The first-order chi connectivity index (χ1) is 14.0. The number of nitrogens with zero attached hydrogens (tertiary/aromatic N) is 2. The second-order valence-corrected chi connectivity index (χ2v) is 7.62. The summed E-state index contributed by atoms with van der Waals surface area (Å²) >= 11 is 6.02. The molecule has 1 atom stereocenters. The van der Waals surface area contributed by atoms with Gasteiger partial charge >= 0.3 is 0 Å². The molecule has 1 aromatic heterocycles. The zero-order chi connectivity index (χ0) is 20.4. The van der Waals surface area contributed by atoms with Crippen LogP contribution in [0.1, 0.15) is 18.4 Å². The molecule has 3 N–H and O–H groups in total. The van der Waals surface area contributed by atoms with E-state index in [-0.39, 0.29) is 24.3 Å². The zero-order valence-corrected chi connectivity index (χ0v) is 16.5. The van der Waals surface area contributed by atoms with Crippen LogP contribution in [0.2, 0.25) is 5.02 Å². The highest BCUT2D eigenvalue weighted by Crippen LogP contribution is 2.29. The number of carbonyl (C=O) groups excluding carboxylic acids is 2. The van der Waals surface area contributed by atoms with Gasteiger partial charge in [-0.15, -0.1) is 0 Å². The van der Waals surface area contributed by atoms with Crippen molar-refractivity contribution < 1.29 is 14.3 Å². The van der Waals surface area contributed by atoms with Gasteiger partial charge in [-0.25, -0.2) is 4.98 Å². The number of fused-ring (bicyclic) bond motifs is 1. The Balaban J connectivity index is 1.42. The van der Waals surface area contributed by atoms with Crippen LogP contribution in [0.3, 0.4) is 0 Å². The lowest BCUT2D eigenvalue weighted by Crippen LogP contribution is -2.41. The highest BCUT2D eigenvalue weighted by molar-refractivity contribution is 6.30. The van der Waals surface area contributed by atoms with Crippen molar-refractivity contribution in [2.45, 2.75) is 12.8 Å². The molecule has 0 bridgehead atoms. The fourth-order valence-electron chi connectivity index (χ4n) is 3.56. The molecule has 3 heterocycles. The average molecular weight is 413 g/mol. The van der Waals surface area contributed by atoms with Gasteiger partial charge in [0.1, 0.15) is 18.2 Å². The fourth-order valence-corrected chi connectivity index (χ4v) is 3.74. The Morgan fingerprint density at radius 1 is 1.28 bits per heavy atom. The second-order valence-electron chi connectivity index (χ2n) is 7.19. The van der Waals surface area contributed by atoms with Crippen molar-refractivity contribution in [1.29, 1.82) is 0 Å². The van der Waals surface area contributed by atoms with E-state index in [9.17, 15) is 9.59 Å². The quantitative estimate of drug-likeness (QED) is 0.804. The Labute approximate surface area is 173 Å². The van der Waals surface area contributed by atoms with Gasteiger partial charge in [-0.05, 0) is 49.2 Å². The molecule has 0 aliphatic carbocycles. The molecule has 7 nitrogen and oxygen atoms in total. The summed E-state index contributed by atoms with van der Waals surface area (Å²) in [4.78, 5) is 30.5. The van der Waals surface area contributed by atoms with Crippen LogP contribution < -0.4 is 20.7 Å². The van der Waals surface area contributed by atoms with Crippen LogP contribution in [0, 0.1) is 5.92 Å². The number of ether oxygens (including phenoxy) is 1. The predicted octanol–water partition coefficient (Wildman–Crippen LogP) is 2.85. The molecule has 0 radical (unpaired) electrons. The summed E-state index contributed by atoms with van der Waals surface area (Å²) in [7, 11) is 0. The van der Waals surface area contributed by atoms with Gasteiger partial charge in [-0.3, -0.25) is 9.59 Å². The summed E-state index contributed by atoms with van der Waals surface area (Å²) in [5.41, 5.74) is 7.30. The number of hydrogen-bond acceptors (Lipinski definition) is 5. The summed E-state index contributed by atoms with van der Waals surface area (Å²) in [6.45, 7) is 1.59. The van der Waals surface area contributed by atoms with E-state index in [4.69, 9.17) is 22.1 Å². The van der Waals surface area contributed by atoms with Gasteiger partial charge in [0.15, 0.2) is 0 Å². The Morgan fingerprint density at radius 2 is 2.14 bits per heavy atom. The summed E-state index contributed by atoms with van der Waals surface area (Å²) < 4.78 is 5.63. The maximum Gasteiger partial charge on any atom is 0.255 e. The number of anilines is 2. The molecule has 4 rings (SSSR count). The molecular formula is C21H21ClN4O3. The predicted molar refractivity (Wildman–Crippen MR) is 112 cm³/mol. The molecule has 1 aromatic carbocycles. The van der Waals surface area contributed by atoms with E-state index in [1.165, 1.54) is 0 Å². The number of carbonyl (C=O) groups is 2. The largest absolute Gasteiger partial charge is 0.488 e. The third-order valence-electron chi connectivity index (χ3n) is 5.13. The van der Waals surface area contributed by atoms with Crippen LogP contribution in [0.5, 0.6) is 5.75 Å². The number of primary amides is 1. The van der Waals surface area contributed by atoms with Crippen molar-refractivity contribution in [3.63, 3.8) is 0 Å². The normalized spacial score (nSPS) is 18.3. The van der Waals surface area contributed by atoms with Crippen LogP contribution >= 0.6 is 11.6 Å². The molecule has 1 saturated heterocycles. The number of rotatable bonds is 4. The second kappa shape index (κ2) is 8.13. The molecule has 8 heteroatoms. The van der Waals surface area contributed by atoms with Crippen LogP contribution in [0.15, 0.2) is 42.1 Å². The molecule has 2 aromatic rings. The highest BCUT2D eigenvalue weighted by atomic mass is 35.5. The summed E-state index contributed by atoms with van der Waals surface area (Å²) in [6.07, 6.45) is 5.09. The Morgan fingerprint density at radius 3 is 2.90 bits per heavy atom. The zero-order valence-electron chi connectivity index (χ0n) is 15.7. The van der Waals surface area contributed by atoms with Crippen molar-refractivity contribution in [3.8, 4) is 5.75 Å². The first-order valence-electron chi connectivity index (χ1n) is 9.44. The van der Waals surface area contributed by atoms with Gasteiger partial charge in [0.2, 0.25) is 5.91 Å². The number of amides is 2. The van der Waals surface area contributed by atoms with Gasteiger partial charge in [0, 0.05) is 23.7 Å². The van der Waals surface area contributed by atoms with E-state index in [0.717, 1.165) is 30.8 Å². The van der Waals surface area contributed by atoms with E-state index >= 15 is 0 Å². The summed E-state index contributed by atoms with van der Waals surface area (Å²) in [5.74, 6) is 0.784. The first-order valence-corrected chi connectivity index (χ1v) is 9.82. The van der Waals surface area contributed by atoms with Crippen molar-refractivity contribution in [2.24, 2.45) is 11.7 Å². The van der Waals surface area contributed by atoms with E-state index in [1.54, 1.807) is 36.5 Å². The van der Waals surface area contributed by atoms with Crippen LogP contribution in [0.4, 0.5) is 11.5 Å². The van der Waals surface area contributed by atoms with E-state index in [0.29, 0.717) is 28.6 Å². The van der Waals surface area contributed by atoms with Gasteiger partial charge in [-0.1, -0.05) is 11.6 Å². The van der Waals surface area contributed by atoms with Gasteiger partial charge in [0.25, 0.3) is 5.91 Å². The van der Waals surface area contributed by atoms with Crippen LogP contribution in [-0.2, 0) is 9.59 Å². The molecule has 29 heavy (non-hydrogen) atoms. The number of nitrogens with two attached hydrogens (primary N) is 1.